The van der Waals surface area contributed by atoms with E-state index in [1.807, 2.05) is 0 Å². The number of aliphatic hydroxyl groups is 1. The Morgan fingerprint density at radius 3 is 2.67 bits per heavy atom. The molecular weight excluding hydrogens is 534 g/mol. The zero-order chi connectivity index (χ0) is 28.9. The molecule has 210 valence electrons. The first-order valence-corrected chi connectivity index (χ1v) is 13.0. The van der Waals surface area contributed by atoms with Gasteiger partial charge in [0, 0.05) is 22.6 Å². The number of esters is 1. The van der Waals surface area contributed by atoms with Crippen LogP contribution in [-0.2, 0) is 39.5 Å². The summed E-state index contributed by atoms with van der Waals surface area (Å²) in [5.74, 6) is -4.82. The van der Waals surface area contributed by atoms with Crippen molar-refractivity contribution in [2.24, 2.45) is 5.92 Å². The number of pyridine rings is 2. The minimum Gasteiger partial charge on any atom is -0.458 e. The summed E-state index contributed by atoms with van der Waals surface area (Å²) >= 11 is 0. The van der Waals surface area contributed by atoms with Gasteiger partial charge in [-0.05, 0) is 55.9 Å². The fraction of sp³-hybridized carbons (Fsp3) is 0.429. The molecule has 0 unspecified atom stereocenters. The van der Waals surface area contributed by atoms with Gasteiger partial charge < -0.3 is 19.7 Å². The van der Waals surface area contributed by atoms with Gasteiger partial charge in [-0.3, -0.25) is 9.59 Å². The van der Waals surface area contributed by atoms with Crippen molar-refractivity contribution >= 4 is 22.8 Å². The van der Waals surface area contributed by atoms with Crippen LogP contribution in [0.15, 0.2) is 16.9 Å². The molecule has 3 aliphatic rings. The minimum atomic E-state index is -4.73. The van der Waals surface area contributed by atoms with Gasteiger partial charge in [0.2, 0.25) is 5.91 Å². The standard InChI is InChI=1S/C28H25F4N3O5/c1-4-27(39)16-7-20-23-14(9-35(20)25(37)15(16)10-40-26(27)38)22-18(34-24(36)12(3)28(30,31)32)6-5-13-11(2)17(29)8-19(33-23)21(13)22/h7-8,12,18,39H,4-6,9-10H2,1-3H3,(H,34,36)/t12-,18-,27-/m0/s1. The number of rotatable bonds is 3. The number of halogens is 4. The van der Waals surface area contributed by atoms with Gasteiger partial charge in [0.25, 0.3) is 5.56 Å². The lowest BCUT2D eigenvalue weighted by Gasteiger charge is -2.31. The average Bonchev–Trinajstić information content (AvgIpc) is 3.27. The number of carbonyl (C=O) groups excluding carboxylic acids is 2. The number of cyclic esters (lactones) is 1. The summed E-state index contributed by atoms with van der Waals surface area (Å²) in [5, 5.41) is 14.2. The van der Waals surface area contributed by atoms with Crippen LogP contribution >= 0.6 is 0 Å². The highest BCUT2D eigenvalue weighted by Gasteiger charge is 2.46. The summed E-state index contributed by atoms with van der Waals surface area (Å²) in [4.78, 5) is 43.4. The third-order valence-electron chi connectivity index (χ3n) is 8.58. The summed E-state index contributed by atoms with van der Waals surface area (Å²) in [6.45, 7) is 3.65. The van der Waals surface area contributed by atoms with Crippen molar-refractivity contribution in [3.63, 3.8) is 0 Å². The van der Waals surface area contributed by atoms with Gasteiger partial charge >= 0.3 is 12.1 Å². The van der Waals surface area contributed by atoms with Gasteiger partial charge in [0.05, 0.1) is 35.1 Å². The first-order valence-electron chi connectivity index (χ1n) is 13.0. The Hall–Kier alpha value is -3.80. The van der Waals surface area contributed by atoms with E-state index in [9.17, 15) is 37.1 Å². The molecule has 2 N–H and O–H groups in total. The molecule has 0 spiro atoms. The fourth-order valence-electron chi connectivity index (χ4n) is 6.14. The number of carbonyl (C=O) groups is 2. The first-order chi connectivity index (χ1) is 18.8. The van der Waals surface area contributed by atoms with Gasteiger partial charge in [0.1, 0.15) is 18.3 Å². The number of nitrogens with zero attached hydrogens (tertiary/aromatic N) is 2. The van der Waals surface area contributed by atoms with Crippen LogP contribution < -0.4 is 10.9 Å². The highest BCUT2D eigenvalue weighted by atomic mass is 19.4. The fourth-order valence-corrected chi connectivity index (χ4v) is 6.14. The molecule has 40 heavy (non-hydrogen) atoms. The molecule has 1 aromatic carbocycles. The summed E-state index contributed by atoms with van der Waals surface area (Å²) in [6.07, 6.45) is -4.25. The Morgan fingerprint density at radius 2 is 2.00 bits per heavy atom. The molecule has 3 atom stereocenters. The Labute approximate surface area is 225 Å². The van der Waals surface area contributed by atoms with Crippen LogP contribution in [0.1, 0.15) is 66.1 Å². The zero-order valence-electron chi connectivity index (χ0n) is 21.8. The van der Waals surface area contributed by atoms with E-state index < -0.39 is 47.0 Å². The van der Waals surface area contributed by atoms with Crippen molar-refractivity contribution in [3.05, 3.63) is 61.7 Å². The average molecular weight is 560 g/mol. The smallest absolute Gasteiger partial charge is 0.400 e. The lowest BCUT2D eigenvalue weighted by Crippen LogP contribution is -2.44. The normalized spacial score (nSPS) is 21.9. The molecule has 12 heteroatoms. The van der Waals surface area contributed by atoms with Crippen LogP contribution in [0.5, 0.6) is 0 Å². The van der Waals surface area contributed by atoms with E-state index >= 15 is 0 Å². The van der Waals surface area contributed by atoms with E-state index in [0.29, 0.717) is 34.1 Å². The predicted octanol–water partition coefficient (Wildman–Crippen LogP) is 3.83. The molecule has 0 fully saturated rings. The summed E-state index contributed by atoms with van der Waals surface area (Å²) in [5.41, 5.74) is 0.491. The second-order valence-electron chi connectivity index (χ2n) is 10.7. The second kappa shape index (κ2) is 8.60. The highest BCUT2D eigenvalue weighted by molar-refractivity contribution is 5.94. The maximum atomic E-state index is 14.9. The van der Waals surface area contributed by atoms with Crippen LogP contribution in [-0.4, -0.2) is 32.7 Å². The number of aromatic nitrogens is 2. The number of nitrogens with one attached hydrogen (secondary N) is 1. The van der Waals surface area contributed by atoms with Crippen LogP contribution in [0, 0.1) is 18.7 Å². The number of hydrogen-bond donors (Lipinski definition) is 2. The number of hydrogen-bond acceptors (Lipinski definition) is 6. The molecule has 2 aromatic heterocycles. The number of alkyl halides is 3. The predicted molar refractivity (Wildman–Crippen MR) is 134 cm³/mol. The van der Waals surface area contributed by atoms with Gasteiger partial charge in [-0.25, -0.2) is 14.2 Å². The number of ether oxygens (including phenoxy) is 1. The van der Waals surface area contributed by atoms with E-state index in [-0.39, 0.29) is 54.0 Å². The molecule has 3 aromatic rings. The van der Waals surface area contributed by atoms with Crippen molar-refractivity contribution in [1.82, 2.24) is 14.9 Å². The molecule has 4 heterocycles. The van der Waals surface area contributed by atoms with E-state index in [2.05, 4.69) is 10.3 Å². The van der Waals surface area contributed by atoms with Crippen LogP contribution in [0.4, 0.5) is 17.6 Å². The summed E-state index contributed by atoms with van der Waals surface area (Å²) < 4.78 is 61.4. The lowest BCUT2D eigenvalue weighted by atomic mass is 9.81. The molecule has 0 saturated heterocycles. The van der Waals surface area contributed by atoms with Crippen molar-refractivity contribution in [2.45, 2.75) is 71.0 Å². The van der Waals surface area contributed by atoms with Crippen molar-refractivity contribution in [1.29, 1.82) is 0 Å². The van der Waals surface area contributed by atoms with Crippen LogP contribution in [0.25, 0.3) is 22.3 Å². The van der Waals surface area contributed by atoms with E-state index in [1.54, 1.807) is 13.8 Å². The quantitative estimate of drug-likeness (QED) is 0.292. The Morgan fingerprint density at radius 1 is 1.27 bits per heavy atom. The zero-order valence-corrected chi connectivity index (χ0v) is 21.8. The third-order valence-corrected chi connectivity index (χ3v) is 8.58. The van der Waals surface area contributed by atoms with Crippen LogP contribution in [0.2, 0.25) is 0 Å². The molecule has 0 bridgehead atoms. The molecular formula is C28H25F4N3O5. The van der Waals surface area contributed by atoms with Crippen molar-refractivity contribution in [2.75, 3.05) is 0 Å². The minimum absolute atomic E-state index is 0.00931. The maximum absolute atomic E-state index is 14.9. The third kappa shape index (κ3) is 3.54. The molecule has 8 nitrogen and oxygen atoms in total. The summed E-state index contributed by atoms with van der Waals surface area (Å²) in [7, 11) is 0. The van der Waals surface area contributed by atoms with E-state index in [0.717, 1.165) is 6.92 Å². The highest BCUT2D eigenvalue weighted by Crippen LogP contribution is 2.46. The maximum Gasteiger partial charge on any atom is 0.400 e. The number of fused-ring (bicyclic) bond motifs is 5. The largest absolute Gasteiger partial charge is 0.458 e. The molecule has 1 aliphatic carbocycles. The summed E-state index contributed by atoms with van der Waals surface area (Å²) in [6, 6.07) is 1.90. The topological polar surface area (TPSA) is 111 Å². The van der Waals surface area contributed by atoms with Gasteiger partial charge in [0.15, 0.2) is 5.60 Å². The van der Waals surface area contributed by atoms with E-state index in [1.165, 1.54) is 16.7 Å². The molecule has 6 rings (SSSR count). The Balaban J connectivity index is 1.60. The lowest BCUT2D eigenvalue weighted by molar-refractivity contribution is -0.179. The molecule has 0 saturated carbocycles. The number of amides is 1. The second-order valence-corrected chi connectivity index (χ2v) is 10.7. The molecule has 2 aliphatic heterocycles. The number of aryl methyl sites for hydroxylation is 1. The Kier molecular flexibility index (Phi) is 5.68. The molecule has 0 radical (unpaired) electrons. The van der Waals surface area contributed by atoms with Gasteiger partial charge in [-0.1, -0.05) is 6.92 Å². The molecule has 1 amide bonds. The number of benzene rings is 1. The Bertz CT molecular complexity index is 1710. The van der Waals surface area contributed by atoms with Crippen molar-refractivity contribution < 1.29 is 37.0 Å². The SMILES string of the molecule is CC[C@@]1(O)C(=O)OCc2c1cc1n(c2=O)Cc2c-1nc1cc(F)c(C)c3c1c2[C@@H](NC(=O)[C@H](C)C(F)(F)F)CC3. The first kappa shape index (κ1) is 26.4. The van der Waals surface area contributed by atoms with Gasteiger partial charge in [-0.15, -0.1) is 0 Å². The van der Waals surface area contributed by atoms with Gasteiger partial charge in [-0.2, -0.15) is 13.2 Å². The van der Waals surface area contributed by atoms with E-state index in [4.69, 9.17) is 4.74 Å². The monoisotopic (exact) mass is 559 g/mol. The van der Waals surface area contributed by atoms with Crippen molar-refractivity contribution in [3.8, 4) is 11.4 Å². The van der Waals surface area contributed by atoms with Crippen LogP contribution in [0.3, 0.4) is 0 Å².